The Labute approximate surface area is 120 Å². The van der Waals surface area contributed by atoms with E-state index in [-0.39, 0.29) is 0 Å². The van der Waals surface area contributed by atoms with Crippen LogP contribution in [-0.4, -0.2) is 11.1 Å². The average Bonchev–Trinajstić information content (AvgIpc) is 2.37. The van der Waals surface area contributed by atoms with Crippen LogP contribution in [0.1, 0.15) is 91.4 Å². The van der Waals surface area contributed by atoms with Crippen LogP contribution in [0.3, 0.4) is 0 Å². The zero-order valence-electron chi connectivity index (χ0n) is 13.3. The largest absolute Gasteiger partial charge is 0.481 e. The summed E-state index contributed by atoms with van der Waals surface area (Å²) in [4.78, 5) is 10.4. The lowest BCUT2D eigenvalue weighted by Gasteiger charge is -2.19. The van der Waals surface area contributed by atoms with Crippen LogP contribution in [0.15, 0.2) is 0 Å². The Morgan fingerprint density at radius 2 is 1.32 bits per heavy atom. The number of hydrogen-bond acceptors (Lipinski definition) is 1. The zero-order valence-corrected chi connectivity index (χ0v) is 13.3. The van der Waals surface area contributed by atoms with E-state index in [1.54, 1.807) is 0 Å². The molecule has 0 saturated heterocycles. The Hall–Kier alpha value is -0.530. The Morgan fingerprint density at radius 3 is 1.84 bits per heavy atom. The second kappa shape index (κ2) is 12.5. The summed E-state index contributed by atoms with van der Waals surface area (Å²) in [6.45, 7) is 7.05. The molecule has 19 heavy (non-hydrogen) atoms. The van der Waals surface area contributed by atoms with E-state index in [0.29, 0.717) is 6.42 Å². The standard InChI is InChI=1S/C17H34O2/c1-4-5-9-12-15(2)16(3)13-10-7-6-8-11-14-17(18)19/h15-16H,4-14H2,1-3H3,(H,18,19). The molecule has 0 spiro atoms. The van der Waals surface area contributed by atoms with Gasteiger partial charge in [0.2, 0.25) is 0 Å². The van der Waals surface area contributed by atoms with Crippen LogP contribution in [-0.2, 0) is 4.79 Å². The zero-order chi connectivity index (χ0) is 14.5. The number of hydrogen-bond donors (Lipinski definition) is 1. The van der Waals surface area contributed by atoms with E-state index < -0.39 is 5.97 Å². The van der Waals surface area contributed by atoms with Gasteiger partial charge in [-0.1, -0.05) is 78.6 Å². The van der Waals surface area contributed by atoms with E-state index in [4.69, 9.17) is 5.11 Å². The van der Waals surface area contributed by atoms with Crippen LogP contribution in [0.5, 0.6) is 0 Å². The number of unbranched alkanes of at least 4 members (excludes halogenated alkanes) is 6. The minimum absolute atomic E-state index is 0.338. The van der Waals surface area contributed by atoms with Gasteiger partial charge in [0.25, 0.3) is 0 Å². The van der Waals surface area contributed by atoms with E-state index in [1.165, 1.54) is 51.4 Å². The molecule has 114 valence electrons. The molecule has 0 aliphatic rings. The van der Waals surface area contributed by atoms with Gasteiger partial charge in [0.1, 0.15) is 0 Å². The van der Waals surface area contributed by atoms with Crippen molar-refractivity contribution in [2.45, 2.75) is 91.4 Å². The molecule has 0 saturated carbocycles. The maximum atomic E-state index is 10.4. The molecule has 0 aromatic carbocycles. The summed E-state index contributed by atoms with van der Waals surface area (Å²) in [5, 5.41) is 8.54. The SMILES string of the molecule is CCCCCC(C)C(C)CCCCCCCC(=O)O. The molecule has 2 heteroatoms. The first-order valence-corrected chi connectivity index (χ1v) is 8.29. The highest BCUT2D eigenvalue weighted by molar-refractivity contribution is 5.66. The first-order valence-electron chi connectivity index (χ1n) is 8.29. The van der Waals surface area contributed by atoms with Crippen LogP contribution in [0.25, 0.3) is 0 Å². The summed E-state index contributed by atoms with van der Waals surface area (Å²) in [5.74, 6) is 1.05. The van der Waals surface area contributed by atoms with E-state index >= 15 is 0 Å². The van der Waals surface area contributed by atoms with Gasteiger partial charge >= 0.3 is 5.97 Å². The summed E-state index contributed by atoms with van der Waals surface area (Å²) >= 11 is 0. The average molecular weight is 270 g/mol. The lowest BCUT2D eigenvalue weighted by molar-refractivity contribution is -0.137. The molecule has 0 aromatic heterocycles. The molecule has 0 aliphatic heterocycles. The predicted octanol–water partition coefficient (Wildman–Crippen LogP) is 5.65. The molecule has 0 aliphatic carbocycles. The Balaban J connectivity index is 3.36. The maximum absolute atomic E-state index is 10.4. The predicted molar refractivity (Wildman–Crippen MR) is 82.4 cm³/mol. The quantitative estimate of drug-likeness (QED) is 0.439. The monoisotopic (exact) mass is 270 g/mol. The van der Waals surface area contributed by atoms with Crippen molar-refractivity contribution in [1.82, 2.24) is 0 Å². The number of carboxylic acids is 1. The third kappa shape index (κ3) is 12.3. The molecule has 0 amide bonds. The van der Waals surface area contributed by atoms with Gasteiger partial charge in [-0.2, -0.15) is 0 Å². The molecule has 0 aromatic rings. The molecule has 2 nitrogen and oxygen atoms in total. The lowest BCUT2D eigenvalue weighted by Crippen LogP contribution is -2.08. The molecule has 0 heterocycles. The lowest BCUT2D eigenvalue weighted by atomic mass is 9.87. The topological polar surface area (TPSA) is 37.3 Å². The fourth-order valence-electron chi connectivity index (χ4n) is 2.56. The fourth-order valence-corrected chi connectivity index (χ4v) is 2.56. The van der Waals surface area contributed by atoms with Crippen LogP contribution in [0.2, 0.25) is 0 Å². The summed E-state index contributed by atoms with van der Waals surface area (Å²) in [6, 6.07) is 0. The molecular formula is C17H34O2. The number of rotatable bonds is 13. The smallest absolute Gasteiger partial charge is 0.303 e. The molecule has 0 fully saturated rings. The highest BCUT2D eigenvalue weighted by Crippen LogP contribution is 2.23. The van der Waals surface area contributed by atoms with Gasteiger partial charge in [0.05, 0.1) is 0 Å². The summed E-state index contributed by atoms with van der Waals surface area (Å²) in [7, 11) is 0. The second-order valence-corrected chi connectivity index (χ2v) is 6.15. The molecule has 0 bridgehead atoms. The second-order valence-electron chi connectivity index (χ2n) is 6.15. The van der Waals surface area contributed by atoms with E-state index in [9.17, 15) is 4.79 Å². The number of carboxylic acid groups (broad SMARTS) is 1. The Kier molecular flexibility index (Phi) is 12.2. The van der Waals surface area contributed by atoms with Gasteiger partial charge in [-0.25, -0.2) is 0 Å². The normalized spacial score (nSPS) is 14.3. The Bertz CT molecular complexity index is 213. The Morgan fingerprint density at radius 1 is 0.842 bits per heavy atom. The van der Waals surface area contributed by atoms with Gasteiger partial charge in [-0.15, -0.1) is 0 Å². The molecule has 1 N–H and O–H groups in total. The first-order chi connectivity index (χ1) is 9.07. The number of carbonyl (C=O) groups is 1. The minimum Gasteiger partial charge on any atom is -0.481 e. The maximum Gasteiger partial charge on any atom is 0.303 e. The third-order valence-corrected chi connectivity index (χ3v) is 4.28. The van der Waals surface area contributed by atoms with Gasteiger partial charge in [0, 0.05) is 6.42 Å². The van der Waals surface area contributed by atoms with Gasteiger partial charge in [-0.3, -0.25) is 4.79 Å². The van der Waals surface area contributed by atoms with Crippen molar-refractivity contribution < 1.29 is 9.90 Å². The van der Waals surface area contributed by atoms with Crippen molar-refractivity contribution in [3.05, 3.63) is 0 Å². The van der Waals surface area contributed by atoms with Crippen molar-refractivity contribution >= 4 is 5.97 Å². The molecule has 0 rings (SSSR count). The summed E-state index contributed by atoms with van der Waals surface area (Å²) in [6.07, 6.45) is 12.8. The van der Waals surface area contributed by atoms with Gasteiger partial charge in [0.15, 0.2) is 0 Å². The third-order valence-electron chi connectivity index (χ3n) is 4.28. The van der Waals surface area contributed by atoms with Crippen molar-refractivity contribution in [1.29, 1.82) is 0 Å². The molecular weight excluding hydrogens is 236 g/mol. The van der Waals surface area contributed by atoms with Crippen molar-refractivity contribution in [2.75, 3.05) is 0 Å². The van der Waals surface area contributed by atoms with Gasteiger partial charge < -0.3 is 5.11 Å². The van der Waals surface area contributed by atoms with Crippen molar-refractivity contribution in [2.24, 2.45) is 11.8 Å². The van der Waals surface area contributed by atoms with Crippen molar-refractivity contribution in [3.63, 3.8) is 0 Å². The van der Waals surface area contributed by atoms with Crippen LogP contribution < -0.4 is 0 Å². The molecule has 0 radical (unpaired) electrons. The van der Waals surface area contributed by atoms with Crippen LogP contribution >= 0.6 is 0 Å². The first kappa shape index (κ1) is 18.5. The van der Waals surface area contributed by atoms with E-state index in [1.807, 2.05) is 0 Å². The summed E-state index contributed by atoms with van der Waals surface area (Å²) < 4.78 is 0. The molecule has 2 unspecified atom stereocenters. The van der Waals surface area contributed by atoms with Crippen LogP contribution in [0.4, 0.5) is 0 Å². The van der Waals surface area contributed by atoms with Gasteiger partial charge in [-0.05, 0) is 18.3 Å². The van der Waals surface area contributed by atoms with Crippen molar-refractivity contribution in [3.8, 4) is 0 Å². The minimum atomic E-state index is -0.658. The highest BCUT2D eigenvalue weighted by atomic mass is 16.4. The highest BCUT2D eigenvalue weighted by Gasteiger charge is 2.11. The molecule has 2 atom stereocenters. The van der Waals surface area contributed by atoms with E-state index in [2.05, 4.69) is 20.8 Å². The van der Waals surface area contributed by atoms with E-state index in [0.717, 1.165) is 24.7 Å². The number of aliphatic carboxylic acids is 1. The fraction of sp³-hybridized carbons (Fsp3) is 0.941. The van der Waals surface area contributed by atoms with Crippen LogP contribution in [0, 0.1) is 11.8 Å². The summed E-state index contributed by atoms with van der Waals surface area (Å²) in [5.41, 5.74) is 0.